The molecule has 0 aliphatic carbocycles. The minimum atomic E-state index is 0.629. The maximum atomic E-state index is 5.91. The van der Waals surface area contributed by atoms with Gasteiger partial charge in [0.05, 0.1) is 10.7 Å². The predicted octanol–water partition coefficient (Wildman–Crippen LogP) is 4.49. The van der Waals surface area contributed by atoms with Crippen LogP contribution in [-0.2, 0) is 11.3 Å². The molecule has 0 unspecified atom stereocenters. The lowest BCUT2D eigenvalue weighted by Gasteiger charge is -2.21. The largest absolute Gasteiger partial charge is 0.497 e. The van der Waals surface area contributed by atoms with Gasteiger partial charge in [-0.3, -0.25) is 0 Å². The van der Waals surface area contributed by atoms with E-state index in [9.17, 15) is 0 Å². The van der Waals surface area contributed by atoms with Gasteiger partial charge in [-0.2, -0.15) is 0 Å². The molecule has 0 amide bonds. The topological polar surface area (TPSA) is 18.5 Å². The van der Waals surface area contributed by atoms with E-state index < -0.39 is 0 Å². The number of hydrogen-bond acceptors (Lipinski definition) is 2. The van der Waals surface area contributed by atoms with Crippen molar-refractivity contribution < 1.29 is 9.47 Å². The van der Waals surface area contributed by atoms with Gasteiger partial charge < -0.3 is 9.47 Å². The van der Waals surface area contributed by atoms with Crippen LogP contribution in [0.4, 0.5) is 0 Å². The molecule has 0 spiro atoms. The monoisotopic (exact) mass is 364 g/mol. The van der Waals surface area contributed by atoms with Crippen LogP contribution in [0.3, 0.4) is 0 Å². The Bertz CT molecular complexity index is 629. The van der Waals surface area contributed by atoms with Crippen LogP contribution in [0.15, 0.2) is 48.5 Å². The SMILES string of the molecule is COc1ccc(C2=C(I)c3ccccc3CO2)cc1. The maximum absolute atomic E-state index is 5.91. The van der Waals surface area contributed by atoms with Crippen LogP contribution in [0.2, 0.25) is 0 Å². The van der Waals surface area contributed by atoms with Crippen molar-refractivity contribution >= 4 is 31.9 Å². The molecule has 2 aromatic rings. The summed E-state index contributed by atoms with van der Waals surface area (Å²) in [6, 6.07) is 16.3. The van der Waals surface area contributed by atoms with E-state index in [2.05, 4.69) is 40.8 Å². The van der Waals surface area contributed by atoms with E-state index in [-0.39, 0.29) is 0 Å². The molecular formula is C16H13IO2. The normalized spacial score (nSPS) is 13.8. The summed E-state index contributed by atoms with van der Waals surface area (Å²) in [5.41, 5.74) is 3.59. The molecule has 0 saturated carbocycles. The van der Waals surface area contributed by atoms with Crippen LogP contribution in [0.25, 0.3) is 9.34 Å². The summed E-state index contributed by atoms with van der Waals surface area (Å²) >= 11 is 2.36. The zero-order valence-electron chi connectivity index (χ0n) is 10.5. The Kier molecular flexibility index (Phi) is 3.46. The summed E-state index contributed by atoms with van der Waals surface area (Å²) in [5, 5.41) is 0. The minimum Gasteiger partial charge on any atom is -0.497 e. The summed E-state index contributed by atoms with van der Waals surface area (Å²) in [6.07, 6.45) is 0. The van der Waals surface area contributed by atoms with Crippen LogP contribution in [0, 0.1) is 0 Å². The summed E-state index contributed by atoms with van der Waals surface area (Å²) in [7, 11) is 1.67. The number of rotatable bonds is 2. The van der Waals surface area contributed by atoms with E-state index in [4.69, 9.17) is 9.47 Å². The van der Waals surface area contributed by atoms with Crippen LogP contribution in [0.5, 0.6) is 5.75 Å². The highest BCUT2D eigenvalue weighted by molar-refractivity contribution is 14.1. The second kappa shape index (κ2) is 5.25. The molecule has 0 fully saturated rings. The molecule has 1 heterocycles. The maximum Gasteiger partial charge on any atom is 0.140 e. The standard InChI is InChI=1S/C16H13IO2/c1-18-13-8-6-11(7-9-13)16-15(17)14-5-3-2-4-12(14)10-19-16/h2-9H,10H2,1H3. The Labute approximate surface area is 126 Å². The predicted molar refractivity (Wildman–Crippen MR) is 85.1 cm³/mol. The molecule has 0 bridgehead atoms. The minimum absolute atomic E-state index is 0.629. The van der Waals surface area contributed by atoms with Crippen molar-refractivity contribution in [3.05, 3.63) is 65.2 Å². The molecule has 0 N–H and O–H groups in total. The second-order valence-corrected chi connectivity index (χ2v) is 5.40. The number of halogens is 1. The lowest BCUT2D eigenvalue weighted by atomic mass is 10.0. The Hall–Kier alpha value is -1.49. The van der Waals surface area contributed by atoms with Crippen molar-refractivity contribution in [1.82, 2.24) is 0 Å². The fourth-order valence-electron chi connectivity index (χ4n) is 2.15. The number of methoxy groups -OCH3 is 1. The highest BCUT2D eigenvalue weighted by Gasteiger charge is 2.19. The van der Waals surface area contributed by atoms with Gasteiger partial charge in [0.2, 0.25) is 0 Å². The zero-order valence-corrected chi connectivity index (χ0v) is 12.7. The third-order valence-corrected chi connectivity index (χ3v) is 4.25. The van der Waals surface area contributed by atoms with Gasteiger partial charge in [0, 0.05) is 5.56 Å². The van der Waals surface area contributed by atoms with Gasteiger partial charge in [-0.05, 0) is 58.0 Å². The molecule has 2 nitrogen and oxygen atoms in total. The summed E-state index contributed by atoms with van der Waals surface area (Å²) in [5.74, 6) is 1.80. The van der Waals surface area contributed by atoms with Crippen LogP contribution in [-0.4, -0.2) is 7.11 Å². The van der Waals surface area contributed by atoms with Crippen LogP contribution < -0.4 is 4.74 Å². The van der Waals surface area contributed by atoms with Crippen LogP contribution >= 0.6 is 22.6 Å². The van der Waals surface area contributed by atoms with E-state index in [1.807, 2.05) is 30.3 Å². The third-order valence-electron chi connectivity index (χ3n) is 3.18. The fourth-order valence-corrected chi connectivity index (χ4v) is 3.14. The lowest BCUT2D eigenvalue weighted by molar-refractivity contribution is 0.262. The molecule has 3 heteroatoms. The van der Waals surface area contributed by atoms with E-state index >= 15 is 0 Å². The van der Waals surface area contributed by atoms with Crippen molar-refractivity contribution in [1.29, 1.82) is 0 Å². The van der Waals surface area contributed by atoms with E-state index in [1.165, 1.54) is 11.1 Å². The average Bonchev–Trinajstić information content (AvgIpc) is 2.48. The van der Waals surface area contributed by atoms with E-state index in [1.54, 1.807) is 7.11 Å². The molecule has 0 atom stereocenters. The number of fused-ring (bicyclic) bond motifs is 1. The molecule has 96 valence electrons. The molecule has 0 saturated heterocycles. The molecule has 2 aromatic carbocycles. The number of benzene rings is 2. The highest BCUT2D eigenvalue weighted by Crippen LogP contribution is 2.39. The van der Waals surface area contributed by atoms with Gasteiger partial charge in [-0.15, -0.1) is 0 Å². The van der Waals surface area contributed by atoms with Gasteiger partial charge >= 0.3 is 0 Å². The average molecular weight is 364 g/mol. The first kappa shape index (κ1) is 12.5. The number of ether oxygens (including phenoxy) is 2. The first-order chi connectivity index (χ1) is 9.29. The van der Waals surface area contributed by atoms with Crippen molar-refractivity contribution in [3.8, 4) is 5.75 Å². The Balaban J connectivity index is 2.05. The van der Waals surface area contributed by atoms with E-state index in [0.717, 1.165) is 20.7 Å². The third kappa shape index (κ3) is 2.34. The molecule has 1 aliphatic rings. The van der Waals surface area contributed by atoms with Crippen LogP contribution in [0.1, 0.15) is 16.7 Å². The summed E-state index contributed by atoms with van der Waals surface area (Å²) in [4.78, 5) is 0. The highest BCUT2D eigenvalue weighted by atomic mass is 127. The molecule has 0 aromatic heterocycles. The smallest absolute Gasteiger partial charge is 0.140 e. The Morgan fingerprint density at radius 3 is 2.53 bits per heavy atom. The fraction of sp³-hybridized carbons (Fsp3) is 0.125. The zero-order chi connectivity index (χ0) is 13.2. The Morgan fingerprint density at radius 2 is 1.79 bits per heavy atom. The van der Waals surface area contributed by atoms with Gasteiger partial charge in [0.25, 0.3) is 0 Å². The summed E-state index contributed by atoms with van der Waals surface area (Å²) < 4.78 is 12.2. The first-order valence-electron chi connectivity index (χ1n) is 6.05. The van der Waals surface area contributed by atoms with Crippen molar-refractivity contribution in [2.24, 2.45) is 0 Å². The van der Waals surface area contributed by atoms with Crippen molar-refractivity contribution in [2.45, 2.75) is 6.61 Å². The molecule has 1 aliphatic heterocycles. The van der Waals surface area contributed by atoms with E-state index in [0.29, 0.717) is 6.61 Å². The number of hydrogen-bond donors (Lipinski definition) is 0. The molecule has 19 heavy (non-hydrogen) atoms. The molecule has 0 radical (unpaired) electrons. The van der Waals surface area contributed by atoms with Gasteiger partial charge in [0.1, 0.15) is 18.1 Å². The second-order valence-electron chi connectivity index (χ2n) is 4.32. The van der Waals surface area contributed by atoms with Gasteiger partial charge in [-0.25, -0.2) is 0 Å². The molecular weight excluding hydrogens is 351 g/mol. The van der Waals surface area contributed by atoms with Gasteiger partial charge in [0.15, 0.2) is 0 Å². The Morgan fingerprint density at radius 1 is 1.05 bits per heavy atom. The lowest BCUT2D eigenvalue weighted by Crippen LogP contribution is -2.04. The van der Waals surface area contributed by atoms with Crippen molar-refractivity contribution in [3.63, 3.8) is 0 Å². The van der Waals surface area contributed by atoms with Crippen molar-refractivity contribution in [2.75, 3.05) is 7.11 Å². The first-order valence-corrected chi connectivity index (χ1v) is 7.13. The van der Waals surface area contributed by atoms with Gasteiger partial charge in [-0.1, -0.05) is 24.3 Å². The summed E-state index contributed by atoms with van der Waals surface area (Å²) in [6.45, 7) is 0.629. The quantitative estimate of drug-likeness (QED) is 0.732. The molecule has 3 rings (SSSR count).